The molecule has 0 radical (unpaired) electrons. The number of carbonyl (C=O) groups excluding carboxylic acids is 1. The van der Waals surface area contributed by atoms with Crippen LogP contribution >= 0.6 is 0 Å². The minimum Gasteiger partial charge on any atom is -0.478 e. The van der Waals surface area contributed by atoms with E-state index in [0.717, 1.165) is 19.4 Å². The van der Waals surface area contributed by atoms with Gasteiger partial charge in [0, 0.05) is 32.1 Å². The molecule has 25 heavy (non-hydrogen) atoms. The molecule has 4 rings (SSSR count). The molecule has 0 unspecified atom stereocenters. The molecule has 0 aromatic carbocycles. The van der Waals surface area contributed by atoms with E-state index in [1.807, 2.05) is 30.1 Å². The van der Waals surface area contributed by atoms with Crippen molar-refractivity contribution in [1.82, 2.24) is 19.7 Å². The molecule has 0 N–H and O–H groups in total. The van der Waals surface area contributed by atoms with Crippen molar-refractivity contribution in [2.24, 2.45) is 13.0 Å². The van der Waals surface area contributed by atoms with Crippen LogP contribution in [0.5, 0.6) is 5.88 Å². The molecule has 2 saturated heterocycles. The predicted octanol–water partition coefficient (Wildman–Crippen LogP) is 1.52. The number of pyridine rings is 1. The van der Waals surface area contributed by atoms with E-state index < -0.39 is 0 Å². The number of carbonyl (C=O) groups is 1. The molecule has 7 nitrogen and oxygen atoms in total. The molecule has 0 aliphatic carbocycles. The first-order valence-corrected chi connectivity index (χ1v) is 8.62. The molecule has 4 heterocycles. The summed E-state index contributed by atoms with van der Waals surface area (Å²) in [5, 5.41) is 4.07. The molecule has 2 aliphatic rings. The van der Waals surface area contributed by atoms with Crippen LogP contribution in [0.25, 0.3) is 0 Å². The molecule has 2 aromatic heterocycles. The van der Waals surface area contributed by atoms with Crippen LogP contribution in [-0.2, 0) is 11.8 Å². The Morgan fingerprint density at radius 1 is 1.44 bits per heavy atom. The lowest BCUT2D eigenvalue weighted by Crippen LogP contribution is -2.66. The van der Waals surface area contributed by atoms with Crippen molar-refractivity contribution in [1.29, 1.82) is 0 Å². The van der Waals surface area contributed by atoms with Crippen LogP contribution in [0.4, 0.5) is 0 Å². The van der Waals surface area contributed by atoms with Crippen molar-refractivity contribution in [3.8, 4) is 5.88 Å². The van der Waals surface area contributed by atoms with E-state index in [9.17, 15) is 4.79 Å². The standard InChI is InChI=1S/C18H22N4O3/c1-21-11-14(10-20-21)17(23)22-12-18(13-22)15(6-9-25-18)5-8-24-16-4-2-3-7-19-16/h2-4,7,10-11,15H,5-6,8-9,12-13H2,1H3/t15-/m1/s1. The summed E-state index contributed by atoms with van der Waals surface area (Å²) in [5.41, 5.74) is 0.427. The maximum absolute atomic E-state index is 12.5. The van der Waals surface area contributed by atoms with Crippen molar-refractivity contribution in [2.75, 3.05) is 26.3 Å². The normalized spacial score (nSPS) is 21.3. The van der Waals surface area contributed by atoms with Gasteiger partial charge in [-0.1, -0.05) is 6.07 Å². The predicted molar refractivity (Wildman–Crippen MR) is 90.3 cm³/mol. The zero-order valence-electron chi connectivity index (χ0n) is 14.3. The summed E-state index contributed by atoms with van der Waals surface area (Å²) in [5.74, 6) is 1.09. The first-order valence-electron chi connectivity index (χ1n) is 8.62. The molecule has 1 spiro atoms. The lowest BCUT2D eigenvalue weighted by Gasteiger charge is -2.50. The Morgan fingerprint density at radius 2 is 2.32 bits per heavy atom. The summed E-state index contributed by atoms with van der Waals surface area (Å²) < 4.78 is 13.4. The number of rotatable bonds is 5. The average Bonchev–Trinajstić information content (AvgIpc) is 3.20. The molecule has 2 fully saturated rings. The van der Waals surface area contributed by atoms with Gasteiger partial charge in [0.25, 0.3) is 5.91 Å². The van der Waals surface area contributed by atoms with Gasteiger partial charge in [-0.3, -0.25) is 9.48 Å². The molecule has 0 saturated carbocycles. The Kier molecular flexibility index (Phi) is 4.17. The van der Waals surface area contributed by atoms with Gasteiger partial charge in [0.15, 0.2) is 0 Å². The maximum atomic E-state index is 12.5. The summed E-state index contributed by atoms with van der Waals surface area (Å²) in [7, 11) is 1.81. The highest BCUT2D eigenvalue weighted by atomic mass is 16.5. The summed E-state index contributed by atoms with van der Waals surface area (Å²) in [6, 6.07) is 5.64. The number of aromatic nitrogens is 3. The number of amides is 1. The van der Waals surface area contributed by atoms with Crippen LogP contribution in [0, 0.1) is 5.92 Å². The fourth-order valence-corrected chi connectivity index (χ4v) is 3.74. The van der Waals surface area contributed by atoms with Crippen LogP contribution in [0.3, 0.4) is 0 Å². The summed E-state index contributed by atoms with van der Waals surface area (Å²) in [4.78, 5) is 18.5. The highest BCUT2D eigenvalue weighted by molar-refractivity contribution is 5.94. The van der Waals surface area contributed by atoms with Gasteiger partial charge in [0.1, 0.15) is 5.60 Å². The van der Waals surface area contributed by atoms with Crippen LogP contribution in [-0.4, -0.2) is 57.5 Å². The van der Waals surface area contributed by atoms with Gasteiger partial charge in [-0.25, -0.2) is 4.98 Å². The average molecular weight is 342 g/mol. The lowest BCUT2D eigenvalue weighted by molar-refractivity contribution is -0.119. The fourth-order valence-electron chi connectivity index (χ4n) is 3.74. The topological polar surface area (TPSA) is 69.5 Å². The van der Waals surface area contributed by atoms with Crippen LogP contribution in [0.15, 0.2) is 36.8 Å². The Bertz CT molecular complexity index is 740. The van der Waals surface area contributed by atoms with E-state index in [2.05, 4.69) is 10.1 Å². The molecule has 1 amide bonds. The third kappa shape index (κ3) is 3.11. The van der Waals surface area contributed by atoms with E-state index in [-0.39, 0.29) is 11.5 Å². The fraction of sp³-hybridized carbons (Fsp3) is 0.500. The molecular formula is C18H22N4O3. The van der Waals surface area contributed by atoms with E-state index in [4.69, 9.17) is 9.47 Å². The summed E-state index contributed by atoms with van der Waals surface area (Å²) in [6.07, 6.45) is 7.01. The Hall–Kier alpha value is -2.41. The molecule has 2 aromatic rings. The highest BCUT2D eigenvalue weighted by Crippen LogP contribution is 2.42. The zero-order valence-corrected chi connectivity index (χ0v) is 14.3. The molecule has 0 bridgehead atoms. The third-order valence-corrected chi connectivity index (χ3v) is 5.11. The molecular weight excluding hydrogens is 320 g/mol. The third-order valence-electron chi connectivity index (χ3n) is 5.11. The largest absolute Gasteiger partial charge is 0.478 e. The second-order valence-corrected chi connectivity index (χ2v) is 6.77. The van der Waals surface area contributed by atoms with Crippen LogP contribution in [0.1, 0.15) is 23.2 Å². The highest BCUT2D eigenvalue weighted by Gasteiger charge is 2.54. The number of aryl methyl sites for hydroxylation is 1. The number of nitrogens with zero attached hydrogens (tertiary/aromatic N) is 4. The lowest BCUT2D eigenvalue weighted by atomic mass is 9.79. The van der Waals surface area contributed by atoms with E-state index in [1.165, 1.54) is 0 Å². The number of likely N-dealkylation sites (tertiary alicyclic amines) is 1. The van der Waals surface area contributed by atoms with Crippen molar-refractivity contribution in [3.05, 3.63) is 42.4 Å². The van der Waals surface area contributed by atoms with Gasteiger partial charge in [-0.05, 0) is 24.8 Å². The number of ether oxygens (including phenoxy) is 2. The Morgan fingerprint density at radius 3 is 3.04 bits per heavy atom. The first kappa shape index (κ1) is 16.1. The second kappa shape index (κ2) is 6.48. The molecule has 7 heteroatoms. The van der Waals surface area contributed by atoms with E-state index >= 15 is 0 Å². The van der Waals surface area contributed by atoms with E-state index in [0.29, 0.717) is 37.1 Å². The molecule has 2 aliphatic heterocycles. The zero-order chi connectivity index (χ0) is 17.3. The second-order valence-electron chi connectivity index (χ2n) is 6.77. The Labute approximate surface area is 146 Å². The van der Waals surface area contributed by atoms with Crippen molar-refractivity contribution >= 4 is 5.91 Å². The summed E-state index contributed by atoms with van der Waals surface area (Å²) >= 11 is 0. The molecule has 1 atom stereocenters. The first-order chi connectivity index (χ1) is 12.2. The van der Waals surface area contributed by atoms with Crippen molar-refractivity contribution in [2.45, 2.75) is 18.4 Å². The Balaban J connectivity index is 1.31. The van der Waals surface area contributed by atoms with Gasteiger partial charge in [0.05, 0.1) is 31.5 Å². The number of hydrogen-bond acceptors (Lipinski definition) is 5. The monoisotopic (exact) mass is 342 g/mol. The van der Waals surface area contributed by atoms with Gasteiger partial charge in [-0.15, -0.1) is 0 Å². The van der Waals surface area contributed by atoms with Crippen LogP contribution in [0.2, 0.25) is 0 Å². The number of hydrogen-bond donors (Lipinski definition) is 0. The molecule has 132 valence electrons. The van der Waals surface area contributed by atoms with Crippen molar-refractivity contribution in [3.63, 3.8) is 0 Å². The smallest absolute Gasteiger partial charge is 0.257 e. The maximum Gasteiger partial charge on any atom is 0.257 e. The van der Waals surface area contributed by atoms with Crippen molar-refractivity contribution < 1.29 is 14.3 Å². The van der Waals surface area contributed by atoms with Gasteiger partial charge in [-0.2, -0.15) is 5.10 Å². The van der Waals surface area contributed by atoms with E-state index in [1.54, 1.807) is 23.3 Å². The van der Waals surface area contributed by atoms with Gasteiger partial charge < -0.3 is 14.4 Å². The van der Waals surface area contributed by atoms with Gasteiger partial charge in [0.2, 0.25) is 5.88 Å². The van der Waals surface area contributed by atoms with Gasteiger partial charge >= 0.3 is 0 Å². The van der Waals surface area contributed by atoms with Crippen LogP contribution < -0.4 is 4.74 Å². The summed E-state index contributed by atoms with van der Waals surface area (Å²) in [6.45, 7) is 2.66. The quantitative estimate of drug-likeness (QED) is 0.824. The minimum absolute atomic E-state index is 0.0257. The SMILES string of the molecule is Cn1cc(C(=O)N2CC3(C2)OCC[C@H]3CCOc2ccccn2)cn1. The minimum atomic E-state index is -0.203.